The molecular weight excluding hydrogens is 294 g/mol. The number of aromatic nitrogens is 2. The number of nitrogens with zero attached hydrogens (tertiary/aromatic N) is 2. The van der Waals surface area contributed by atoms with Crippen LogP contribution in [0.2, 0.25) is 0 Å². The maximum Gasteiger partial charge on any atom is 0.0900 e. The largest absolute Gasteiger partial charge is 0.370 e. The Morgan fingerprint density at radius 3 is 2.78 bits per heavy atom. The molecule has 1 aliphatic rings. The molecule has 0 bridgehead atoms. The van der Waals surface area contributed by atoms with E-state index in [1.807, 2.05) is 4.68 Å². The Hall–Kier alpha value is -0.390. The van der Waals surface area contributed by atoms with Gasteiger partial charge in [-0.3, -0.25) is 4.68 Å². The van der Waals surface area contributed by atoms with Crippen LogP contribution in [0.15, 0.2) is 4.47 Å². The van der Waals surface area contributed by atoms with Gasteiger partial charge >= 0.3 is 0 Å². The lowest BCUT2D eigenvalue weighted by atomic mass is 10.2. The lowest BCUT2D eigenvalue weighted by Crippen LogP contribution is -2.31. The lowest BCUT2D eigenvalue weighted by molar-refractivity contribution is 0.0317. The minimum absolute atomic E-state index is 0.201. The van der Waals surface area contributed by atoms with E-state index >= 15 is 0 Å². The minimum Gasteiger partial charge on any atom is -0.370 e. The molecule has 2 unspecified atom stereocenters. The van der Waals surface area contributed by atoms with E-state index in [9.17, 15) is 0 Å². The Morgan fingerprint density at radius 2 is 2.22 bits per heavy atom. The molecule has 1 heterocycles. The fourth-order valence-electron chi connectivity index (χ4n) is 2.50. The zero-order valence-corrected chi connectivity index (χ0v) is 12.7. The average Bonchev–Trinajstić information content (AvgIpc) is 2.91. The fraction of sp³-hybridized carbons (Fsp3) is 0.769. The van der Waals surface area contributed by atoms with Gasteiger partial charge in [-0.15, -0.1) is 0 Å². The molecule has 0 spiro atoms. The molecule has 102 valence electrons. The maximum absolute atomic E-state index is 6.02. The van der Waals surface area contributed by atoms with Crippen molar-refractivity contribution in [3.63, 3.8) is 0 Å². The van der Waals surface area contributed by atoms with Crippen LogP contribution in [0.1, 0.15) is 44.5 Å². The van der Waals surface area contributed by atoms with Crippen LogP contribution in [-0.2, 0) is 24.3 Å². The first-order valence-corrected chi connectivity index (χ1v) is 7.57. The molecule has 0 aromatic carbocycles. The SMILES string of the molecule is CCc1nn(CC)c(COC2CCCC2N)c1Br. The second-order valence-electron chi connectivity index (χ2n) is 4.82. The van der Waals surface area contributed by atoms with Gasteiger partial charge in [0.1, 0.15) is 0 Å². The van der Waals surface area contributed by atoms with Crippen LogP contribution in [-0.4, -0.2) is 21.9 Å². The van der Waals surface area contributed by atoms with E-state index < -0.39 is 0 Å². The van der Waals surface area contributed by atoms with Crippen LogP contribution in [0.4, 0.5) is 0 Å². The molecule has 5 heteroatoms. The van der Waals surface area contributed by atoms with Crippen LogP contribution < -0.4 is 5.73 Å². The molecule has 2 atom stereocenters. The van der Waals surface area contributed by atoms with Crippen molar-refractivity contribution in [3.05, 3.63) is 15.9 Å². The van der Waals surface area contributed by atoms with Crippen LogP contribution in [0.25, 0.3) is 0 Å². The molecule has 0 amide bonds. The number of halogens is 1. The van der Waals surface area contributed by atoms with E-state index in [-0.39, 0.29) is 12.1 Å². The summed E-state index contributed by atoms with van der Waals surface area (Å²) in [5.41, 5.74) is 8.26. The molecule has 2 rings (SSSR count). The van der Waals surface area contributed by atoms with Crippen LogP contribution in [0, 0.1) is 0 Å². The fourth-order valence-corrected chi connectivity index (χ4v) is 3.18. The van der Waals surface area contributed by atoms with Crippen molar-refractivity contribution in [1.82, 2.24) is 9.78 Å². The molecule has 1 aliphatic carbocycles. The second-order valence-corrected chi connectivity index (χ2v) is 5.61. The van der Waals surface area contributed by atoms with Crippen molar-refractivity contribution < 1.29 is 4.74 Å². The van der Waals surface area contributed by atoms with Crippen LogP contribution in [0.5, 0.6) is 0 Å². The first-order chi connectivity index (χ1) is 8.67. The Labute approximate surface area is 117 Å². The third kappa shape index (κ3) is 2.78. The van der Waals surface area contributed by atoms with Gasteiger partial charge < -0.3 is 10.5 Å². The third-order valence-electron chi connectivity index (χ3n) is 3.63. The zero-order valence-electron chi connectivity index (χ0n) is 11.2. The summed E-state index contributed by atoms with van der Waals surface area (Å²) in [5, 5.41) is 4.57. The summed E-state index contributed by atoms with van der Waals surface area (Å²) < 4.78 is 9.08. The summed E-state index contributed by atoms with van der Waals surface area (Å²) >= 11 is 3.63. The van der Waals surface area contributed by atoms with Crippen molar-refractivity contribution in [2.45, 2.75) is 64.8 Å². The Bertz CT molecular complexity index is 405. The van der Waals surface area contributed by atoms with E-state index in [2.05, 4.69) is 34.9 Å². The van der Waals surface area contributed by atoms with Gasteiger partial charge in [-0.05, 0) is 48.5 Å². The topological polar surface area (TPSA) is 53.1 Å². The first kappa shape index (κ1) is 14.0. The van der Waals surface area contributed by atoms with Crippen molar-refractivity contribution >= 4 is 15.9 Å². The van der Waals surface area contributed by atoms with Gasteiger partial charge in [-0.2, -0.15) is 5.10 Å². The quantitative estimate of drug-likeness (QED) is 0.908. The molecule has 0 radical (unpaired) electrons. The van der Waals surface area contributed by atoms with Crippen molar-refractivity contribution in [2.75, 3.05) is 0 Å². The molecule has 0 saturated heterocycles. The second kappa shape index (κ2) is 6.17. The zero-order chi connectivity index (χ0) is 13.1. The van der Waals surface area contributed by atoms with E-state index in [4.69, 9.17) is 10.5 Å². The highest BCUT2D eigenvalue weighted by Gasteiger charge is 2.25. The maximum atomic E-state index is 6.02. The molecule has 1 fully saturated rings. The van der Waals surface area contributed by atoms with Crippen LogP contribution >= 0.6 is 15.9 Å². The highest BCUT2D eigenvalue weighted by molar-refractivity contribution is 9.10. The molecule has 1 aromatic rings. The van der Waals surface area contributed by atoms with Crippen molar-refractivity contribution in [1.29, 1.82) is 0 Å². The monoisotopic (exact) mass is 315 g/mol. The summed E-state index contributed by atoms with van der Waals surface area (Å²) in [6.07, 6.45) is 4.49. The highest BCUT2D eigenvalue weighted by atomic mass is 79.9. The number of aryl methyl sites for hydroxylation is 2. The summed E-state index contributed by atoms with van der Waals surface area (Å²) in [7, 11) is 0. The van der Waals surface area contributed by atoms with Crippen molar-refractivity contribution in [3.8, 4) is 0 Å². The molecule has 2 N–H and O–H groups in total. The molecule has 1 saturated carbocycles. The predicted octanol–water partition coefficient (Wildman–Crippen LogP) is 2.62. The molecular formula is C13H22BrN3O. The van der Waals surface area contributed by atoms with Crippen molar-refractivity contribution in [2.24, 2.45) is 5.73 Å². The van der Waals surface area contributed by atoms with Crippen LogP contribution in [0.3, 0.4) is 0 Å². The summed E-state index contributed by atoms with van der Waals surface area (Å²) in [4.78, 5) is 0. The molecule has 0 aliphatic heterocycles. The Kier molecular flexibility index (Phi) is 4.81. The predicted molar refractivity (Wildman–Crippen MR) is 75.4 cm³/mol. The first-order valence-electron chi connectivity index (χ1n) is 6.78. The van der Waals surface area contributed by atoms with Gasteiger partial charge in [-0.1, -0.05) is 6.92 Å². The number of hydrogen-bond acceptors (Lipinski definition) is 3. The number of nitrogens with two attached hydrogens (primary N) is 1. The summed E-state index contributed by atoms with van der Waals surface area (Å²) in [6, 6.07) is 0.201. The summed E-state index contributed by atoms with van der Waals surface area (Å²) in [5.74, 6) is 0. The van der Waals surface area contributed by atoms with Gasteiger partial charge in [0.15, 0.2) is 0 Å². The van der Waals surface area contributed by atoms with Gasteiger partial charge in [0.05, 0.1) is 28.6 Å². The van der Waals surface area contributed by atoms with E-state index in [1.165, 1.54) is 6.42 Å². The average molecular weight is 316 g/mol. The van der Waals surface area contributed by atoms with E-state index in [0.717, 1.165) is 41.7 Å². The Balaban J connectivity index is 2.06. The third-order valence-corrected chi connectivity index (χ3v) is 4.55. The minimum atomic E-state index is 0.201. The Morgan fingerprint density at radius 1 is 1.44 bits per heavy atom. The number of hydrogen-bond donors (Lipinski definition) is 1. The smallest absolute Gasteiger partial charge is 0.0900 e. The van der Waals surface area contributed by atoms with Gasteiger partial charge in [-0.25, -0.2) is 0 Å². The molecule has 1 aromatic heterocycles. The van der Waals surface area contributed by atoms with Gasteiger partial charge in [0.2, 0.25) is 0 Å². The van der Waals surface area contributed by atoms with Gasteiger partial charge in [0, 0.05) is 12.6 Å². The normalized spacial score (nSPS) is 23.8. The standard InChI is InChI=1S/C13H22BrN3O/c1-3-10-13(14)11(17(4-2)16-10)8-18-12-7-5-6-9(12)15/h9,12H,3-8,15H2,1-2H3. The molecule has 4 nitrogen and oxygen atoms in total. The number of rotatable bonds is 5. The molecule has 18 heavy (non-hydrogen) atoms. The van der Waals surface area contributed by atoms with Gasteiger partial charge in [0.25, 0.3) is 0 Å². The number of ether oxygens (including phenoxy) is 1. The summed E-state index contributed by atoms with van der Waals surface area (Å²) in [6.45, 7) is 5.68. The van der Waals surface area contributed by atoms with E-state index in [0.29, 0.717) is 6.61 Å². The lowest BCUT2D eigenvalue weighted by Gasteiger charge is -2.16. The van der Waals surface area contributed by atoms with E-state index in [1.54, 1.807) is 0 Å². The highest BCUT2D eigenvalue weighted by Crippen LogP contribution is 2.26.